The molecule has 0 unspecified atom stereocenters. The number of carboxylic acids is 2. The normalized spacial score (nSPS) is 12.1. The quantitative estimate of drug-likeness (QED) is 0.283. The van der Waals surface area contributed by atoms with Crippen LogP contribution in [0.3, 0.4) is 0 Å². The van der Waals surface area contributed by atoms with Gasteiger partial charge in [-0.25, -0.2) is 9.59 Å². The van der Waals surface area contributed by atoms with E-state index in [0.29, 0.717) is 25.7 Å². The van der Waals surface area contributed by atoms with Gasteiger partial charge in [-0.1, -0.05) is 44.7 Å². The summed E-state index contributed by atoms with van der Waals surface area (Å²) in [6.45, 7) is 0. The summed E-state index contributed by atoms with van der Waals surface area (Å²) in [6.07, 6.45) is 5.85. The number of halogens is 2. The van der Waals surface area contributed by atoms with Crippen LogP contribution in [0, 0.1) is 0 Å². The molecule has 0 rings (SSSR count). The van der Waals surface area contributed by atoms with Crippen LogP contribution in [0.2, 0.25) is 0 Å². The van der Waals surface area contributed by atoms with Crippen LogP contribution in [0.4, 0.5) is 0 Å². The van der Waals surface area contributed by atoms with E-state index >= 15 is 0 Å². The van der Waals surface area contributed by atoms with Gasteiger partial charge in [0.05, 0.1) is 0 Å². The van der Waals surface area contributed by atoms with Crippen molar-refractivity contribution in [2.24, 2.45) is 0 Å². The summed E-state index contributed by atoms with van der Waals surface area (Å²) in [5.74, 6) is -2.19. The highest BCUT2D eigenvalue weighted by atomic mass is 79.9. The van der Waals surface area contributed by atoms with Crippen molar-refractivity contribution in [1.82, 2.24) is 0 Å². The zero-order valence-corrected chi connectivity index (χ0v) is 14.7. The molecule has 20 heavy (non-hydrogen) atoms. The smallest absolute Gasteiger partial charge is 0.332 e. The van der Waals surface area contributed by atoms with Crippen LogP contribution in [0.25, 0.3) is 0 Å². The number of aliphatic carboxylic acids is 2. The molecule has 0 saturated carbocycles. The third-order valence-corrected chi connectivity index (χ3v) is 4.12. The predicted molar refractivity (Wildman–Crippen MR) is 86.8 cm³/mol. The maximum atomic E-state index is 11.3. The molecular formula is C14H22Br2O4. The largest absolute Gasteiger partial charge is 0.478 e. The van der Waals surface area contributed by atoms with Crippen LogP contribution in [0.1, 0.15) is 51.4 Å². The second-order valence-corrected chi connectivity index (χ2v) is 6.15. The minimum atomic E-state index is -1.10. The van der Waals surface area contributed by atoms with Crippen molar-refractivity contribution in [2.45, 2.75) is 51.4 Å². The Balaban J connectivity index is 4.67. The lowest BCUT2D eigenvalue weighted by atomic mass is 9.97. The molecule has 0 aliphatic rings. The number of carboxylic acid groups (broad SMARTS) is 2. The van der Waals surface area contributed by atoms with Crippen molar-refractivity contribution < 1.29 is 19.8 Å². The summed E-state index contributed by atoms with van der Waals surface area (Å²) < 4.78 is 0. The Morgan fingerprint density at radius 2 is 1.00 bits per heavy atom. The van der Waals surface area contributed by atoms with Gasteiger partial charge in [-0.3, -0.25) is 0 Å². The first-order valence-corrected chi connectivity index (χ1v) is 9.09. The Labute approximate surface area is 136 Å². The molecule has 0 atom stereocenters. The molecule has 0 aromatic heterocycles. The van der Waals surface area contributed by atoms with Gasteiger partial charge >= 0.3 is 11.9 Å². The summed E-state index contributed by atoms with van der Waals surface area (Å²) in [5.41, 5.74) is 0.150. The molecule has 2 N–H and O–H groups in total. The van der Waals surface area contributed by atoms with Gasteiger partial charge in [0.1, 0.15) is 0 Å². The van der Waals surface area contributed by atoms with Crippen LogP contribution in [0.5, 0.6) is 0 Å². The third kappa shape index (κ3) is 8.74. The van der Waals surface area contributed by atoms with Crippen molar-refractivity contribution in [1.29, 1.82) is 0 Å². The van der Waals surface area contributed by atoms with Crippen molar-refractivity contribution in [2.75, 3.05) is 10.7 Å². The average Bonchev–Trinajstić information content (AvgIpc) is 2.39. The maximum absolute atomic E-state index is 11.3. The lowest BCUT2D eigenvalue weighted by Gasteiger charge is -2.09. The van der Waals surface area contributed by atoms with Gasteiger partial charge in [-0.2, -0.15) is 0 Å². The lowest BCUT2D eigenvalue weighted by molar-refractivity contribution is -0.136. The minimum absolute atomic E-state index is 0.0749. The zero-order valence-electron chi connectivity index (χ0n) is 11.5. The van der Waals surface area contributed by atoms with Gasteiger partial charge in [0.25, 0.3) is 0 Å². The summed E-state index contributed by atoms with van der Waals surface area (Å²) in [4.78, 5) is 22.5. The summed E-state index contributed by atoms with van der Waals surface area (Å²) in [6, 6.07) is 0. The molecule has 0 aromatic carbocycles. The molecular weight excluding hydrogens is 392 g/mol. The maximum Gasteiger partial charge on any atom is 0.332 e. The van der Waals surface area contributed by atoms with Gasteiger partial charge in [0, 0.05) is 21.8 Å². The molecule has 0 aliphatic carbocycles. The fourth-order valence-corrected chi connectivity index (χ4v) is 2.71. The highest BCUT2D eigenvalue weighted by Crippen LogP contribution is 2.20. The van der Waals surface area contributed by atoms with E-state index in [4.69, 9.17) is 0 Å². The Kier molecular flexibility index (Phi) is 12.2. The van der Waals surface area contributed by atoms with E-state index in [1.54, 1.807) is 0 Å². The molecule has 0 fully saturated rings. The Bertz CT molecular complexity index is 308. The Morgan fingerprint density at radius 1 is 0.650 bits per heavy atom. The first-order chi connectivity index (χ1) is 9.54. The third-order valence-electron chi connectivity index (χ3n) is 3.00. The van der Waals surface area contributed by atoms with Crippen LogP contribution in [-0.2, 0) is 9.59 Å². The number of hydrogen-bond donors (Lipinski definition) is 2. The van der Waals surface area contributed by atoms with Crippen LogP contribution in [0.15, 0.2) is 11.1 Å². The Morgan fingerprint density at radius 3 is 1.25 bits per heavy atom. The van der Waals surface area contributed by atoms with E-state index in [1.165, 1.54) is 0 Å². The second kappa shape index (κ2) is 12.4. The SMILES string of the molecule is O=C(O)/C(CCCCCBr)=C(\CCCCCBr)C(=O)O. The van der Waals surface area contributed by atoms with E-state index in [-0.39, 0.29) is 11.1 Å². The highest BCUT2D eigenvalue weighted by Gasteiger charge is 2.19. The van der Waals surface area contributed by atoms with Crippen LogP contribution >= 0.6 is 31.9 Å². The van der Waals surface area contributed by atoms with E-state index in [0.717, 1.165) is 36.3 Å². The van der Waals surface area contributed by atoms with Crippen molar-refractivity contribution in [3.8, 4) is 0 Å². The molecule has 0 bridgehead atoms. The molecule has 4 nitrogen and oxygen atoms in total. The average molecular weight is 414 g/mol. The van der Waals surface area contributed by atoms with Crippen molar-refractivity contribution in [3.05, 3.63) is 11.1 Å². The van der Waals surface area contributed by atoms with Gasteiger partial charge in [0.15, 0.2) is 0 Å². The Hall–Kier alpha value is -0.360. The molecule has 0 amide bonds. The molecule has 0 heterocycles. The molecule has 6 heteroatoms. The fourth-order valence-electron chi connectivity index (χ4n) is 1.92. The van der Waals surface area contributed by atoms with E-state index in [2.05, 4.69) is 31.9 Å². The van der Waals surface area contributed by atoms with Gasteiger partial charge < -0.3 is 10.2 Å². The fraction of sp³-hybridized carbons (Fsp3) is 0.714. The highest BCUT2D eigenvalue weighted by molar-refractivity contribution is 9.09. The van der Waals surface area contributed by atoms with Crippen LogP contribution < -0.4 is 0 Å². The second-order valence-electron chi connectivity index (χ2n) is 4.57. The molecule has 0 spiro atoms. The summed E-state index contributed by atoms with van der Waals surface area (Å²) in [5, 5.41) is 20.2. The summed E-state index contributed by atoms with van der Waals surface area (Å²) >= 11 is 6.64. The van der Waals surface area contributed by atoms with Crippen LogP contribution in [-0.4, -0.2) is 32.8 Å². The molecule has 116 valence electrons. The lowest BCUT2D eigenvalue weighted by Crippen LogP contribution is -2.12. The number of hydrogen-bond acceptors (Lipinski definition) is 2. The van der Waals surface area contributed by atoms with Gasteiger partial charge in [-0.05, 0) is 38.5 Å². The van der Waals surface area contributed by atoms with Crippen molar-refractivity contribution >= 4 is 43.8 Å². The topological polar surface area (TPSA) is 74.6 Å². The first kappa shape index (κ1) is 19.6. The van der Waals surface area contributed by atoms with Gasteiger partial charge in [0.2, 0.25) is 0 Å². The number of alkyl halides is 2. The molecule has 0 aromatic rings. The molecule has 0 radical (unpaired) electrons. The monoisotopic (exact) mass is 412 g/mol. The minimum Gasteiger partial charge on any atom is -0.478 e. The molecule has 0 aliphatic heterocycles. The van der Waals surface area contributed by atoms with Gasteiger partial charge in [-0.15, -0.1) is 0 Å². The van der Waals surface area contributed by atoms with E-state index in [1.807, 2.05) is 0 Å². The summed E-state index contributed by atoms with van der Waals surface area (Å²) in [7, 11) is 0. The number of unbranched alkanes of at least 4 members (excludes halogenated alkanes) is 4. The predicted octanol–water partition coefficient (Wildman–Crippen LogP) is 4.36. The first-order valence-electron chi connectivity index (χ1n) is 6.85. The van der Waals surface area contributed by atoms with Crippen molar-refractivity contribution in [3.63, 3.8) is 0 Å². The van der Waals surface area contributed by atoms with E-state index in [9.17, 15) is 19.8 Å². The zero-order chi connectivity index (χ0) is 15.4. The number of rotatable bonds is 12. The molecule has 0 saturated heterocycles. The van der Waals surface area contributed by atoms with E-state index < -0.39 is 11.9 Å². The standard InChI is InChI=1S/C14H22Br2O4/c15-9-5-1-3-7-11(13(17)18)12(14(19)20)8-4-2-6-10-16/h1-10H2,(H,17,18)(H,19,20)/b12-11+. The number of carbonyl (C=O) groups is 2.